The van der Waals surface area contributed by atoms with Crippen molar-refractivity contribution in [3.8, 4) is 0 Å². The van der Waals surface area contributed by atoms with Crippen LogP contribution < -0.4 is 16.0 Å². The second-order valence-corrected chi connectivity index (χ2v) is 5.11. The third kappa shape index (κ3) is 3.76. The normalized spacial score (nSPS) is 11.1. The Kier molecular flexibility index (Phi) is 5.86. The monoisotopic (exact) mass is 321 g/mol. The van der Waals surface area contributed by atoms with Crippen molar-refractivity contribution in [2.75, 3.05) is 31.2 Å². The molecular weight excluding hydrogens is 298 g/mol. The van der Waals surface area contributed by atoms with E-state index in [2.05, 4.69) is 15.0 Å². The van der Waals surface area contributed by atoms with Crippen molar-refractivity contribution >= 4 is 17.0 Å². The Labute approximate surface area is 134 Å². The number of rotatable bonds is 8. The van der Waals surface area contributed by atoms with Crippen molar-refractivity contribution in [3.63, 3.8) is 0 Å². The second kappa shape index (κ2) is 7.87. The number of imidazole rings is 1. The van der Waals surface area contributed by atoms with Crippen LogP contribution in [0.15, 0.2) is 15.9 Å². The first-order chi connectivity index (χ1) is 11.1. The summed E-state index contributed by atoms with van der Waals surface area (Å²) in [6, 6.07) is 0. The molecule has 0 amide bonds. The lowest BCUT2D eigenvalue weighted by atomic mass is 10.4. The number of anilines is 1. The lowest BCUT2D eigenvalue weighted by molar-refractivity contribution is 0.127. The summed E-state index contributed by atoms with van der Waals surface area (Å²) in [7, 11) is 0. The van der Waals surface area contributed by atoms with Gasteiger partial charge in [-0.05, 0) is 20.3 Å². The molecule has 0 radical (unpaired) electrons. The summed E-state index contributed by atoms with van der Waals surface area (Å²) in [6.07, 6.45) is 2.41. The highest BCUT2D eigenvalue weighted by molar-refractivity contribution is 5.72. The zero-order valence-electron chi connectivity index (χ0n) is 13.8. The molecule has 2 heterocycles. The van der Waals surface area contributed by atoms with Gasteiger partial charge in [-0.2, -0.15) is 4.98 Å². The first kappa shape index (κ1) is 17.1. The summed E-state index contributed by atoms with van der Waals surface area (Å²) in [4.78, 5) is 37.4. The van der Waals surface area contributed by atoms with E-state index in [1.807, 2.05) is 25.7 Å². The average Bonchev–Trinajstić information content (AvgIpc) is 2.91. The fourth-order valence-electron chi connectivity index (χ4n) is 2.37. The molecule has 2 aromatic heterocycles. The van der Waals surface area contributed by atoms with Gasteiger partial charge in [-0.1, -0.05) is 6.92 Å². The van der Waals surface area contributed by atoms with E-state index in [-0.39, 0.29) is 22.5 Å². The molecule has 2 aromatic rings. The SMILES string of the molecule is CCCOCCn1cnc2c(=O)nc(N(CC)CC)[nH]c(=O)c21. The van der Waals surface area contributed by atoms with Gasteiger partial charge in [-0.3, -0.25) is 14.6 Å². The number of aromatic amines is 1. The molecule has 0 unspecified atom stereocenters. The molecule has 1 N–H and O–H groups in total. The zero-order chi connectivity index (χ0) is 16.8. The maximum absolute atomic E-state index is 12.5. The van der Waals surface area contributed by atoms with Gasteiger partial charge in [0.05, 0.1) is 12.9 Å². The molecule has 23 heavy (non-hydrogen) atoms. The third-order valence-corrected chi connectivity index (χ3v) is 3.58. The van der Waals surface area contributed by atoms with Crippen LogP contribution in [0.25, 0.3) is 11.0 Å². The van der Waals surface area contributed by atoms with E-state index < -0.39 is 5.56 Å². The summed E-state index contributed by atoms with van der Waals surface area (Å²) in [5.74, 6) is 0.275. The van der Waals surface area contributed by atoms with Crippen LogP contribution in [0.5, 0.6) is 0 Å². The van der Waals surface area contributed by atoms with E-state index in [4.69, 9.17) is 4.74 Å². The van der Waals surface area contributed by atoms with E-state index in [1.165, 1.54) is 6.33 Å². The Bertz CT molecular complexity index is 764. The Morgan fingerprint density at radius 1 is 1.22 bits per heavy atom. The molecule has 0 saturated carbocycles. The van der Waals surface area contributed by atoms with Gasteiger partial charge in [0, 0.05) is 26.2 Å². The molecule has 8 heteroatoms. The molecule has 8 nitrogen and oxygen atoms in total. The van der Waals surface area contributed by atoms with Gasteiger partial charge < -0.3 is 14.2 Å². The van der Waals surface area contributed by atoms with Crippen molar-refractivity contribution in [3.05, 3.63) is 27.0 Å². The molecule has 0 aliphatic carbocycles. The van der Waals surface area contributed by atoms with Crippen molar-refractivity contribution in [1.82, 2.24) is 19.5 Å². The smallest absolute Gasteiger partial charge is 0.301 e. The van der Waals surface area contributed by atoms with E-state index >= 15 is 0 Å². The van der Waals surface area contributed by atoms with Crippen LogP contribution in [-0.4, -0.2) is 45.8 Å². The quantitative estimate of drug-likeness (QED) is 0.721. The molecular formula is C15H23N5O3. The molecule has 0 aromatic carbocycles. The highest BCUT2D eigenvalue weighted by Gasteiger charge is 2.13. The van der Waals surface area contributed by atoms with Gasteiger partial charge in [0.25, 0.3) is 5.56 Å². The number of ether oxygens (including phenoxy) is 1. The fourth-order valence-corrected chi connectivity index (χ4v) is 2.37. The van der Waals surface area contributed by atoms with E-state index in [1.54, 1.807) is 4.57 Å². The van der Waals surface area contributed by atoms with E-state index in [9.17, 15) is 9.59 Å². The summed E-state index contributed by atoms with van der Waals surface area (Å²) < 4.78 is 7.07. The van der Waals surface area contributed by atoms with Crippen molar-refractivity contribution in [2.24, 2.45) is 0 Å². The zero-order valence-corrected chi connectivity index (χ0v) is 13.8. The van der Waals surface area contributed by atoms with E-state index in [0.717, 1.165) is 6.42 Å². The third-order valence-electron chi connectivity index (χ3n) is 3.58. The minimum atomic E-state index is -0.506. The predicted octanol–water partition coefficient (Wildman–Crippen LogP) is 0.753. The number of hydrogen-bond donors (Lipinski definition) is 1. The van der Waals surface area contributed by atoms with E-state index in [0.29, 0.717) is 32.8 Å². The first-order valence-electron chi connectivity index (χ1n) is 7.94. The van der Waals surface area contributed by atoms with Crippen molar-refractivity contribution < 1.29 is 4.74 Å². The Balaban J connectivity index is 2.47. The van der Waals surface area contributed by atoms with Gasteiger partial charge in [0.15, 0.2) is 5.52 Å². The standard InChI is InChI=1S/C15H23N5O3/c1-4-8-23-9-7-20-10-16-11-12(20)14(22)18-15(17-13(11)21)19(5-2)6-3/h10H,4-9H2,1-3H3,(H,17,18,21,22). The highest BCUT2D eigenvalue weighted by atomic mass is 16.5. The predicted molar refractivity (Wildman–Crippen MR) is 89.1 cm³/mol. The molecule has 0 fully saturated rings. The summed E-state index contributed by atoms with van der Waals surface area (Å²) >= 11 is 0. The van der Waals surface area contributed by atoms with Crippen LogP contribution >= 0.6 is 0 Å². The molecule has 2 rings (SSSR count). The Morgan fingerprint density at radius 2 is 1.96 bits per heavy atom. The molecule has 0 aliphatic rings. The van der Waals surface area contributed by atoms with Gasteiger partial charge in [-0.25, -0.2) is 4.98 Å². The molecule has 0 aliphatic heterocycles. The lowest BCUT2D eigenvalue weighted by Gasteiger charge is -2.16. The Hall–Kier alpha value is -2.22. The minimum Gasteiger partial charge on any atom is -0.380 e. The lowest BCUT2D eigenvalue weighted by Crippen LogP contribution is -2.26. The van der Waals surface area contributed by atoms with Crippen LogP contribution in [0.3, 0.4) is 0 Å². The number of nitrogens with one attached hydrogen (secondary N) is 1. The first-order valence-corrected chi connectivity index (χ1v) is 7.94. The number of aromatic nitrogens is 4. The number of nitrogens with zero attached hydrogens (tertiary/aromatic N) is 4. The molecule has 126 valence electrons. The number of fused-ring (bicyclic) bond motifs is 1. The maximum Gasteiger partial charge on any atom is 0.301 e. The number of H-pyrrole nitrogens is 1. The highest BCUT2D eigenvalue weighted by Crippen LogP contribution is 2.05. The van der Waals surface area contributed by atoms with Crippen molar-refractivity contribution in [2.45, 2.75) is 33.7 Å². The van der Waals surface area contributed by atoms with Crippen LogP contribution in [-0.2, 0) is 11.3 Å². The average molecular weight is 321 g/mol. The van der Waals surface area contributed by atoms with Crippen molar-refractivity contribution in [1.29, 1.82) is 0 Å². The number of hydrogen-bond acceptors (Lipinski definition) is 6. The van der Waals surface area contributed by atoms with Gasteiger partial charge >= 0.3 is 5.56 Å². The fraction of sp³-hybridized carbons (Fsp3) is 0.600. The van der Waals surface area contributed by atoms with Crippen LogP contribution in [0.4, 0.5) is 5.95 Å². The van der Waals surface area contributed by atoms with Crippen LogP contribution in [0.2, 0.25) is 0 Å². The maximum atomic E-state index is 12.5. The van der Waals surface area contributed by atoms with Gasteiger partial charge in [0.1, 0.15) is 5.52 Å². The molecule has 0 bridgehead atoms. The summed E-state index contributed by atoms with van der Waals surface area (Å²) in [5.41, 5.74) is -0.556. The summed E-state index contributed by atoms with van der Waals surface area (Å²) in [5, 5.41) is 0. The topological polar surface area (TPSA) is 93.1 Å². The molecule has 0 atom stereocenters. The molecule has 0 saturated heterocycles. The van der Waals surface area contributed by atoms with Crippen LogP contribution in [0.1, 0.15) is 27.2 Å². The largest absolute Gasteiger partial charge is 0.380 e. The Morgan fingerprint density at radius 3 is 2.61 bits per heavy atom. The molecule has 0 spiro atoms. The summed E-state index contributed by atoms with van der Waals surface area (Å²) in [6.45, 7) is 8.77. The van der Waals surface area contributed by atoms with Gasteiger partial charge in [-0.15, -0.1) is 0 Å². The van der Waals surface area contributed by atoms with Crippen LogP contribution in [0, 0.1) is 0 Å². The van der Waals surface area contributed by atoms with Gasteiger partial charge in [0.2, 0.25) is 5.95 Å². The minimum absolute atomic E-state index is 0.0835. The second-order valence-electron chi connectivity index (χ2n) is 5.11.